The molecule has 0 aliphatic heterocycles. The molecule has 1 aromatic carbocycles. The summed E-state index contributed by atoms with van der Waals surface area (Å²) in [6.45, 7) is 7.76. The molecule has 2 rings (SSSR count). The van der Waals surface area contributed by atoms with Crippen molar-refractivity contribution in [3.63, 3.8) is 0 Å². The second-order valence-corrected chi connectivity index (χ2v) is 7.09. The fourth-order valence-corrected chi connectivity index (χ4v) is 2.76. The fraction of sp³-hybridized carbons (Fsp3) is 0.444. The number of alkyl halides is 1. The molecule has 0 atom stereocenters. The lowest BCUT2D eigenvalue weighted by Crippen LogP contribution is -2.26. The van der Waals surface area contributed by atoms with Crippen LogP contribution in [0.4, 0.5) is 4.39 Å². The predicted molar refractivity (Wildman–Crippen MR) is 94.0 cm³/mol. The lowest BCUT2D eigenvalue weighted by Gasteiger charge is -2.19. The minimum atomic E-state index is -0.886. The Morgan fingerprint density at radius 2 is 1.92 bits per heavy atom. The number of aryl methyl sites for hydroxylation is 1. The molecule has 1 N–H and O–H groups in total. The van der Waals surface area contributed by atoms with Gasteiger partial charge in [0.05, 0.1) is 10.7 Å². The SMILES string of the molecule is CCc1nn(C[18F])c(C(=O)NCc2ccc(C(C)(C)C)cc2)c1Cl. The van der Waals surface area contributed by atoms with Gasteiger partial charge in [0.15, 0.2) is 6.80 Å². The summed E-state index contributed by atoms with van der Waals surface area (Å²) < 4.78 is 14.1. The Labute approximate surface area is 147 Å². The van der Waals surface area contributed by atoms with Crippen LogP contribution in [-0.2, 0) is 25.2 Å². The summed E-state index contributed by atoms with van der Waals surface area (Å²) in [5.74, 6) is -0.426. The number of halogens is 2. The predicted octanol–water partition coefficient (Wildman–Crippen LogP) is 4.25. The molecule has 0 unspecified atom stereocenters. The number of nitrogens with zero attached hydrogens (tertiary/aromatic N) is 2. The van der Waals surface area contributed by atoms with E-state index in [1.807, 2.05) is 19.1 Å². The van der Waals surface area contributed by atoms with E-state index in [1.54, 1.807) is 0 Å². The van der Waals surface area contributed by atoms with Gasteiger partial charge < -0.3 is 5.32 Å². The van der Waals surface area contributed by atoms with Gasteiger partial charge in [0.25, 0.3) is 5.91 Å². The first-order valence-corrected chi connectivity index (χ1v) is 8.34. The van der Waals surface area contributed by atoms with E-state index in [4.69, 9.17) is 11.6 Å². The molecule has 0 radical (unpaired) electrons. The van der Waals surface area contributed by atoms with Crippen molar-refractivity contribution in [3.05, 3.63) is 51.8 Å². The quantitative estimate of drug-likeness (QED) is 0.876. The Morgan fingerprint density at radius 1 is 1.29 bits per heavy atom. The van der Waals surface area contributed by atoms with Crippen LogP contribution < -0.4 is 5.32 Å². The molecule has 0 saturated carbocycles. The number of carbonyl (C=O) groups excluding carboxylic acids is 1. The Balaban J connectivity index is 2.10. The van der Waals surface area contributed by atoms with Crippen LogP contribution in [-0.4, -0.2) is 15.7 Å². The maximum absolute atomic E-state index is 13.1. The van der Waals surface area contributed by atoms with Crippen LogP contribution in [0.3, 0.4) is 0 Å². The van der Waals surface area contributed by atoms with Crippen molar-refractivity contribution in [2.45, 2.75) is 52.9 Å². The highest BCUT2D eigenvalue weighted by Crippen LogP contribution is 2.23. The molecule has 4 nitrogen and oxygen atoms in total. The molecule has 24 heavy (non-hydrogen) atoms. The summed E-state index contributed by atoms with van der Waals surface area (Å²) in [6, 6.07) is 8.06. The number of hydrogen-bond donors (Lipinski definition) is 1. The smallest absolute Gasteiger partial charge is 0.271 e. The van der Waals surface area contributed by atoms with Crippen molar-refractivity contribution in [2.75, 3.05) is 0 Å². The lowest BCUT2D eigenvalue weighted by molar-refractivity contribution is 0.0935. The third-order valence-electron chi connectivity index (χ3n) is 3.90. The van der Waals surface area contributed by atoms with Gasteiger partial charge in [0.1, 0.15) is 5.69 Å². The van der Waals surface area contributed by atoms with Gasteiger partial charge in [-0.3, -0.25) is 4.79 Å². The monoisotopic (exact) mass is 350 g/mol. The molecule has 0 aliphatic rings. The van der Waals surface area contributed by atoms with Crippen molar-refractivity contribution < 1.29 is 9.18 Å². The van der Waals surface area contributed by atoms with Crippen molar-refractivity contribution in [1.29, 1.82) is 0 Å². The van der Waals surface area contributed by atoms with Crippen LogP contribution >= 0.6 is 11.6 Å². The van der Waals surface area contributed by atoms with Crippen LogP contribution in [0.2, 0.25) is 5.02 Å². The van der Waals surface area contributed by atoms with Gasteiger partial charge in [0.2, 0.25) is 0 Å². The summed E-state index contributed by atoms with van der Waals surface area (Å²) in [6.07, 6.45) is 0.542. The molecule has 1 heterocycles. The highest BCUT2D eigenvalue weighted by Gasteiger charge is 2.21. The van der Waals surface area contributed by atoms with E-state index in [2.05, 4.69) is 43.3 Å². The van der Waals surface area contributed by atoms with E-state index < -0.39 is 12.7 Å². The third kappa shape index (κ3) is 3.96. The molecule has 0 spiro atoms. The van der Waals surface area contributed by atoms with Gasteiger partial charge in [-0.1, -0.05) is 63.6 Å². The van der Waals surface area contributed by atoms with Crippen molar-refractivity contribution >= 4 is 17.5 Å². The summed E-state index contributed by atoms with van der Waals surface area (Å²) in [4.78, 5) is 12.4. The molecule has 0 saturated heterocycles. The molecular formula is C18H23ClFN3O. The topological polar surface area (TPSA) is 46.9 Å². The van der Waals surface area contributed by atoms with Crippen molar-refractivity contribution in [2.24, 2.45) is 0 Å². The molecule has 1 amide bonds. The normalized spacial score (nSPS) is 11.6. The average molecular weight is 351 g/mol. The number of carbonyl (C=O) groups is 1. The summed E-state index contributed by atoms with van der Waals surface area (Å²) in [5, 5.41) is 7.00. The zero-order valence-corrected chi connectivity index (χ0v) is 15.2. The number of aromatic nitrogens is 2. The highest BCUT2D eigenvalue weighted by atomic mass is 35.5. The number of hydrogen-bond acceptors (Lipinski definition) is 2. The minimum Gasteiger partial charge on any atom is -0.347 e. The molecule has 1 aromatic heterocycles. The highest BCUT2D eigenvalue weighted by molar-refractivity contribution is 6.34. The number of benzene rings is 1. The van der Waals surface area contributed by atoms with Gasteiger partial charge in [-0.05, 0) is 23.0 Å². The van der Waals surface area contributed by atoms with Gasteiger partial charge >= 0.3 is 0 Å². The molecular weight excluding hydrogens is 328 g/mol. The Bertz CT molecular complexity index is 717. The molecule has 0 aliphatic carbocycles. The molecule has 0 bridgehead atoms. The third-order valence-corrected chi connectivity index (χ3v) is 4.29. The second-order valence-electron chi connectivity index (χ2n) is 6.71. The Kier molecular flexibility index (Phi) is 5.65. The van der Waals surface area contributed by atoms with E-state index in [-0.39, 0.29) is 16.1 Å². The molecule has 0 fully saturated rings. The van der Waals surface area contributed by atoms with Crippen LogP contribution in [0.15, 0.2) is 24.3 Å². The van der Waals surface area contributed by atoms with Crippen LogP contribution in [0, 0.1) is 0 Å². The van der Waals surface area contributed by atoms with Gasteiger partial charge in [-0.2, -0.15) is 5.10 Å². The first-order valence-electron chi connectivity index (χ1n) is 7.96. The van der Waals surface area contributed by atoms with E-state index >= 15 is 0 Å². The lowest BCUT2D eigenvalue weighted by atomic mass is 9.87. The standard InChI is InChI=1S/C18H23ClFN3O/c1-5-14-15(19)16(23(11-20)22-14)17(24)21-10-12-6-8-13(9-7-12)18(2,3)4/h6-9H,5,10-11H2,1-4H3,(H,21,24)/i20-1. The first kappa shape index (κ1) is 18.5. The molecule has 130 valence electrons. The zero-order valence-electron chi connectivity index (χ0n) is 14.5. The zero-order chi connectivity index (χ0) is 17.9. The number of rotatable bonds is 5. The van der Waals surface area contributed by atoms with Crippen LogP contribution in [0.1, 0.15) is 55.0 Å². The van der Waals surface area contributed by atoms with Crippen molar-refractivity contribution in [3.8, 4) is 0 Å². The average Bonchev–Trinajstić information content (AvgIpc) is 2.88. The van der Waals surface area contributed by atoms with E-state index in [0.717, 1.165) is 10.2 Å². The maximum Gasteiger partial charge on any atom is 0.271 e. The minimum absolute atomic E-state index is 0.0716. The molecule has 2 aromatic rings. The Morgan fingerprint density at radius 3 is 2.42 bits per heavy atom. The van der Waals surface area contributed by atoms with Gasteiger partial charge in [-0.15, -0.1) is 0 Å². The molecule has 6 heteroatoms. The van der Waals surface area contributed by atoms with Gasteiger partial charge in [0, 0.05) is 6.54 Å². The van der Waals surface area contributed by atoms with Gasteiger partial charge in [-0.25, -0.2) is 9.07 Å². The van der Waals surface area contributed by atoms with Crippen LogP contribution in [0.25, 0.3) is 0 Å². The fourth-order valence-electron chi connectivity index (χ4n) is 2.41. The summed E-state index contributed by atoms with van der Waals surface area (Å²) in [7, 11) is 0. The largest absolute Gasteiger partial charge is 0.347 e. The van der Waals surface area contributed by atoms with Crippen LogP contribution in [0.5, 0.6) is 0 Å². The van der Waals surface area contributed by atoms with Crippen molar-refractivity contribution in [1.82, 2.24) is 15.1 Å². The van der Waals surface area contributed by atoms with E-state index in [1.165, 1.54) is 5.56 Å². The number of amides is 1. The van der Waals surface area contributed by atoms with E-state index in [9.17, 15) is 9.18 Å². The number of nitrogens with one attached hydrogen (secondary N) is 1. The summed E-state index contributed by atoms with van der Waals surface area (Å²) in [5.41, 5.74) is 2.87. The van der Waals surface area contributed by atoms with E-state index in [0.29, 0.717) is 18.7 Å². The second kappa shape index (κ2) is 7.34. The Hall–Kier alpha value is -1.88. The summed E-state index contributed by atoms with van der Waals surface area (Å²) >= 11 is 6.15. The maximum atomic E-state index is 13.1. The first-order chi connectivity index (χ1) is 11.3.